The molecule has 1 aromatic carbocycles. The van der Waals surface area contributed by atoms with Gasteiger partial charge in [-0.3, -0.25) is 0 Å². The average molecular weight is 433 g/mol. The lowest BCUT2D eigenvalue weighted by Crippen LogP contribution is -2.54. The van der Waals surface area contributed by atoms with Crippen molar-refractivity contribution in [3.05, 3.63) is 33.9 Å². The van der Waals surface area contributed by atoms with Gasteiger partial charge in [-0.05, 0) is 74.5 Å². The number of hydrogen-bond acceptors (Lipinski definition) is 6. The SMILES string of the molecule is CC(C)=CC1C[C@H](C)[C@H]2CC[C@H](C)c3c(OC4OCC(O)C(O)C4O)c(O)c(C)c1c32. The molecule has 8 atom stereocenters. The van der Waals surface area contributed by atoms with Gasteiger partial charge >= 0.3 is 0 Å². The molecule has 4 rings (SSSR count). The number of phenols is 1. The van der Waals surface area contributed by atoms with Crippen molar-refractivity contribution >= 4 is 0 Å². The number of aromatic hydroxyl groups is 1. The molecule has 0 bridgehead atoms. The highest BCUT2D eigenvalue weighted by molar-refractivity contribution is 5.64. The topological polar surface area (TPSA) is 99.4 Å². The molecule has 1 saturated heterocycles. The summed E-state index contributed by atoms with van der Waals surface area (Å²) in [7, 11) is 0. The van der Waals surface area contributed by atoms with Crippen LogP contribution < -0.4 is 4.74 Å². The number of rotatable bonds is 3. The van der Waals surface area contributed by atoms with Crippen LogP contribution in [0, 0.1) is 12.8 Å². The number of phenolic OH excluding ortho intramolecular Hbond substituents is 1. The predicted molar refractivity (Wildman–Crippen MR) is 118 cm³/mol. The summed E-state index contributed by atoms with van der Waals surface area (Å²) in [5.41, 5.74) is 5.59. The van der Waals surface area contributed by atoms with Crippen molar-refractivity contribution in [2.24, 2.45) is 5.92 Å². The molecule has 1 heterocycles. The van der Waals surface area contributed by atoms with Gasteiger partial charge in [-0.15, -0.1) is 0 Å². The van der Waals surface area contributed by atoms with E-state index in [1.807, 2.05) is 6.92 Å². The molecular formula is C25H36O6. The maximum Gasteiger partial charge on any atom is 0.229 e. The van der Waals surface area contributed by atoms with E-state index in [2.05, 4.69) is 33.8 Å². The predicted octanol–water partition coefficient (Wildman–Crippen LogP) is 3.59. The summed E-state index contributed by atoms with van der Waals surface area (Å²) in [4.78, 5) is 0. The second kappa shape index (κ2) is 8.39. The van der Waals surface area contributed by atoms with Crippen LogP contribution in [0.4, 0.5) is 0 Å². The Labute approximate surface area is 184 Å². The van der Waals surface area contributed by atoms with Gasteiger partial charge in [0.15, 0.2) is 11.5 Å². The molecule has 1 aromatic rings. The summed E-state index contributed by atoms with van der Waals surface area (Å²) in [6, 6.07) is 0. The molecule has 2 aliphatic carbocycles. The molecule has 6 heteroatoms. The first-order valence-electron chi connectivity index (χ1n) is 11.5. The van der Waals surface area contributed by atoms with E-state index in [0.717, 1.165) is 30.4 Å². The van der Waals surface area contributed by atoms with Crippen LogP contribution in [0.5, 0.6) is 11.5 Å². The molecule has 0 amide bonds. The fourth-order valence-corrected chi connectivity index (χ4v) is 5.90. The smallest absolute Gasteiger partial charge is 0.229 e. The summed E-state index contributed by atoms with van der Waals surface area (Å²) in [5, 5.41) is 41.5. The molecule has 172 valence electrons. The van der Waals surface area contributed by atoms with Crippen LogP contribution in [0.25, 0.3) is 0 Å². The monoisotopic (exact) mass is 432 g/mol. The van der Waals surface area contributed by atoms with Gasteiger partial charge in [0, 0.05) is 11.5 Å². The van der Waals surface area contributed by atoms with Crippen molar-refractivity contribution in [3.8, 4) is 11.5 Å². The van der Waals surface area contributed by atoms with Crippen LogP contribution in [0.15, 0.2) is 11.6 Å². The zero-order valence-electron chi connectivity index (χ0n) is 19.1. The number of benzene rings is 1. The first-order chi connectivity index (χ1) is 14.6. The quantitative estimate of drug-likeness (QED) is 0.545. The van der Waals surface area contributed by atoms with Gasteiger partial charge < -0.3 is 29.9 Å². The van der Waals surface area contributed by atoms with E-state index >= 15 is 0 Å². The largest absolute Gasteiger partial charge is 0.504 e. The zero-order valence-corrected chi connectivity index (χ0v) is 19.1. The van der Waals surface area contributed by atoms with Crippen LogP contribution in [0.1, 0.15) is 87.0 Å². The molecule has 5 unspecified atom stereocenters. The lowest BCUT2D eigenvalue weighted by Gasteiger charge is -2.44. The number of ether oxygens (including phenoxy) is 2. The van der Waals surface area contributed by atoms with E-state index in [-0.39, 0.29) is 24.2 Å². The standard InChI is InChI=1S/C25H36O6/c1-11(2)8-15-9-13(4)16-7-6-12(3)18-20(16)19(15)14(5)21(27)24(18)31-25-23(29)22(28)17(26)10-30-25/h8,12-13,15-17,22-23,25-29H,6-7,9-10H2,1-5H3/t12-,13-,15?,16+,17?,22?,23?,25?/m0/s1. The van der Waals surface area contributed by atoms with E-state index in [4.69, 9.17) is 9.47 Å². The van der Waals surface area contributed by atoms with E-state index in [9.17, 15) is 20.4 Å². The van der Waals surface area contributed by atoms with Gasteiger partial charge in [0.25, 0.3) is 0 Å². The van der Waals surface area contributed by atoms with E-state index in [0.29, 0.717) is 17.6 Å². The van der Waals surface area contributed by atoms with Crippen molar-refractivity contribution in [2.45, 2.75) is 96.2 Å². The molecule has 31 heavy (non-hydrogen) atoms. The second-order valence-electron chi connectivity index (χ2n) is 10.1. The molecule has 0 spiro atoms. The van der Waals surface area contributed by atoms with Crippen LogP contribution >= 0.6 is 0 Å². The van der Waals surface area contributed by atoms with Crippen molar-refractivity contribution < 1.29 is 29.9 Å². The highest BCUT2D eigenvalue weighted by atomic mass is 16.7. The average Bonchev–Trinajstić information content (AvgIpc) is 2.70. The van der Waals surface area contributed by atoms with Crippen molar-refractivity contribution in [2.75, 3.05) is 6.61 Å². The van der Waals surface area contributed by atoms with Crippen molar-refractivity contribution in [3.63, 3.8) is 0 Å². The minimum Gasteiger partial charge on any atom is -0.504 e. The molecule has 6 nitrogen and oxygen atoms in total. The Morgan fingerprint density at radius 1 is 1.03 bits per heavy atom. The molecule has 0 saturated carbocycles. The Morgan fingerprint density at radius 3 is 2.42 bits per heavy atom. The van der Waals surface area contributed by atoms with E-state index in [1.165, 1.54) is 16.7 Å². The van der Waals surface area contributed by atoms with Crippen molar-refractivity contribution in [1.82, 2.24) is 0 Å². The van der Waals surface area contributed by atoms with Crippen LogP contribution in [0.2, 0.25) is 0 Å². The lowest BCUT2D eigenvalue weighted by atomic mass is 9.62. The Bertz CT molecular complexity index is 873. The fourth-order valence-electron chi connectivity index (χ4n) is 5.90. The highest BCUT2D eigenvalue weighted by Gasteiger charge is 2.44. The normalized spacial score (nSPS) is 37.2. The number of aliphatic hydroxyl groups is 3. The molecule has 0 radical (unpaired) electrons. The molecule has 3 aliphatic rings. The lowest BCUT2D eigenvalue weighted by molar-refractivity contribution is -0.242. The van der Waals surface area contributed by atoms with Gasteiger partial charge in [0.2, 0.25) is 6.29 Å². The third-order valence-electron chi connectivity index (χ3n) is 7.48. The van der Waals surface area contributed by atoms with Crippen LogP contribution in [-0.2, 0) is 4.74 Å². The first kappa shape index (κ1) is 22.6. The molecular weight excluding hydrogens is 396 g/mol. The maximum atomic E-state index is 11.3. The van der Waals surface area contributed by atoms with Gasteiger partial charge in [-0.2, -0.15) is 0 Å². The van der Waals surface area contributed by atoms with Gasteiger partial charge in [0.1, 0.15) is 18.3 Å². The van der Waals surface area contributed by atoms with E-state index < -0.39 is 24.6 Å². The fraction of sp³-hybridized carbons (Fsp3) is 0.680. The first-order valence-corrected chi connectivity index (χ1v) is 11.5. The summed E-state index contributed by atoms with van der Waals surface area (Å²) in [5.74, 6) is 1.81. The number of aliphatic hydroxyl groups excluding tert-OH is 3. The Morgan fingerprint density at radius 2 is 1.74 bits per heavy atom. The summed E-state index contributed by atoms with van der Waals surface area (Å²) < 4.78 is 11.6. The molecule has 1 aliphatic heterocycles. The van der Waals surface area contributed by atoms with Gasteiger partial charge in [-0.25, -0.2) is 0 Å². The van der Waals surface area contributed by atoms with Crippen LogP contribution in [0.3, 0.4) is 0 Å². The second-order valence-corrected chi connectivity index (χ2v) is 10.1. The zero-order chi connectivity index (χ0) is 22.6. The molecule has 0 aromatic heterocycles. The summed E-state index contributed by atoms with van der Waals surface area (Å²) in [6.07, 6.45) is 0.402. The van der Waals surface area contributed by atoms with Gasteiger partial charge in [0.05, 0.1) is 6.61 Å². The highest BCUT2D eigenvalue weighted by Crippen LogP contribution is 2.58. The Kier molecular flexibility index (Phi) is 6.12. The third kappa shape index (κ3) is 3.78. The Hall–Kier alpha value is -1.60. The third-order valence-corrected chi connectivity index (χ3v) is 7.48. The van der Waals surface area contributed by atoms with Crippen LogP contribution in [-0.4, -0.2) is 51.6 Å². The minimum atomic E-state index is -1.40. The van der Waals surface area contributed by atoms with Gasteiger partial charge in [-0.1, -0.05) is 25.5 Å². The number of hydrogen-bond donors (Lipinski definition) is 4. The maximum absolute atomic E-state index is 11.3. The molecule has 1 fully saturated rings. The summed E-state index contributed by atoms with van der Waals surface area (Å²) in [6.45, 7) is 10.5. The number of allylic oxidation sites excluding steroid dienone is 2. The summed E-state index contributed by atoms with van der Waals surface area (Å²) >= 11 is 0. The minimum absolute atomic E-state index is 0.0828. The van der Waals surface area contributed by atoms with E-state index in [1.54, 1.807) is 0 Å². The van der Waals surface area contributed by atoms with Crippen molar-refractivity contribution in [1.29, 1.82) is 0 Å². The molecule has 4 N–H and O–H groups in total. The Balaban J connectivity index is 1.86.